The van der Waals surface area contributed by atoms with Crippen LogP contribution in [0.15, 0.2) is 64.0 Å². The number of rotatable bonds is 8. The van der Waals surface area contributed by atoms with Crippen molar-refractivity contribution >= 4 is 34.8 Å². The van der Waals surface area contributed by atoms with E-state index in [-0.39, 0.29) is 16.8 Å². The van der Waals surface area contributed by atoms with Gasteiger partial charge in [0.2, 0.25) is 12.4 Å². The van der Waals surface area contributed by atoms with Gasteiger partial charge in [-0.3, -0.25) is 24.0 Å². The quantitative estimate of drug-likeness (QED) is 0.290. The lowest BCUT2D eigenvalue weighted by Gasteiger charge is -2.43. The molecular formula is C29H28O12. The number of fused-ring (bicyclic) bond motifs is 1. The molecule has 0 amide bonds. The molecule has 0 radical (unpaired) electrons. The van der Waals surface area contributed by atoms with E-state index < -0.39 is 61.2 Å². The number of ether oxygens (including phenoxy) is 6. The molecule has 1 aromatic heterocycles. The molecule has 0 unspecified atom stereocenters. The smallest absolute Gasteiger partial charge is 0.303 e. The van der Waals surface area contributed by atoms with Crippen LogP contribution in [0.1, 0.15) is 27.7 Å². The molecular weight excluding hydrogens is 540 g/mol. The van der Waals surface area contributed by atoms with Crippen molar-refractivity contribution in [2.75, 3.05) is 6.61 Å². The maximum Gasteiger partial charge on any atom is 0.303 e. The van der Waals surface area contributed by atoms with Gasteiger partial charge in [-0.2, -0.15) is 0 Å². The van der Waals surface area contributed by atoms with Gasteiger partial charge in [0.05, 0.1) is 10.9 Å². The molecule has 216 valence electrons. The van der Waals surface area contributed by atoms with Crippen LogP contribution in [0.25, 0.3) is 22.1 Å². The summed E-state index contributed by atoms with van der Waals surface area (Å²) in [5.74, 6) is -2.77. The molecule has 1 aliphatic rings. The first-order valence-corrected chi connectivity index (χ1v) is 12.6. The summed E-state index contributed by atoms with van der Waals surface area (Å²) in [5.41, 5.74) is 1.03. The average molecular weight is 569 g/mol. The van der Waals surface area contributed by atoms with Crippen LogP contribution in [0.3, 0.4) is 0 Å². The molecule has 5 atom stereocenters. The Labute approximate surface area is 234 Å². The van der Waals surface area contributed by atoms with Gasteiger partial charge in [-0.15, -0.1) is 0 Å². The van der Waals surface area contributed by atoms with Crippen LogP contribution in [0.2, 0.25) is 0 Å². The summed E-state index contributed by atoms with van der Waals surface area (Å²) in [7, 11) is 0. The van der Waals surface area contributed by atoms with Gasteiger partial charge in [0.15, 0.2) is 17.6 Å². The molecule has 12 nitrogen and oxygen atoms in total. The highest BCUT2D eigenvalue weighted by Crippen LogP contribution is 2.32. The number of esters is 4. The predicted octanol–water partition coefficient (Wildman–Crippen LogP) is 2.92. The maximum atomic E-state index is 13.1. The molecule has 1 aliphatic heterocycles. The zero-order chi connectivity index (χ0) is 29.7. The first-order valence-electron chi connectivity index (χ1n) is 12.6. The van der Waals surface area contributed by atoms with Crippen LogP contribution in [0, 0.1) is 0 Å². The summed E-state index contributed by atoms with van der Waals surface area (Å²) in [5, 5.41) is 0.292. The van der Waals surface area contributed by atoms with E-state index in [1.807, 2.05) is 18.2 Å². The highest BCUT2D eigenvalue weighted by molar-refractivity contribution is 5.82. The highest BCUT2D eigenvalue weighted by atomic mass is 16.7. The van der Waals surface area contributed by atoms with Crippen LogP contribution in [-0.2, 0) is 42.9 Å². The molecule has 0 aliphatic carbocycles. The molecule has 0 spiro atoms. The maximum absolute atomic E-state index is 13.1. The zero-order valence-electron chi connectivity index (χ0n) is 22.7. The Kier molecular flexibility index (Phi) is 9.03. The van der Waals surface area contributed by atoms with Crippen molar-refractivity contribution in [3.8, 4) is 16.9 Å². The van der Waals surface area contributed by atoms with E-state index in [1.54, 1.807) is 12.1 Å². The van der Waals surface area contributed by atoms with Crippen molar-refractivity contribution in [2.24, 2.45) is 0 Å². The van der Waals surface area contributed by atoms with E-state index in [4.69, 9.17) is 32.8 Å². The number of benzene rings is 2. The Morgan fingerprint density at radius 3 is 2.05 bits per heavy atom. The summed E-state index contributed by atoms with van der Waals surface area (Å²) in [4.78, 5) is 60.6. The normalized spacial score (nSPS) is 21.9. The number of hydrogen-bond donors (Lipinski definition) is 0. The minimum atomic E-state index is -1.43. The zero-order valence-corrected chi connectivity index (χ0v) is 22.7. The molecule has 0 N–H and O–H groups in total. The fourth-order valence-electron chi connectivity index (χ4n) is 4.42. The summed E-state index contributed by atoms with van der Waals surface area (Å²) >= 11 is 0. The van der Waals surface area contributed by atoms with Crippen LogP contribution >= 0.6 is 0 Å². The molecule has 3 aromatic rings. The van der Waals surface area contributed by atoms with Gasteiger partial charge in [0.1, 0.15) is 30.3 Å². The first-order chi connectivity index (χ1) is 19.5. The summed E-state index contributed by atoms with van der Waals surface area (Å²) < 4.78 is 38.9. The summed E-state index contributed by atoms with van der Waals surface area (Å²) in [6, 6.07) is 13.5. The van der Waals surface area contributed by atoms with Crippen LogP contribution in [-0.4, -0.2) is 61.2 Å². The molecule has 1 fully saturated rings. The molecule has 12 heteroatoms. The van der Waals surface area contributed by atoms with Gasteiger partial charge in [0.25, 0.3) is 0 Å². The lowest BCUT2D eigenvalue weighted by atomic mass is 9.98. The molecule has 0 bridgehead atoms. The van der Waals surface area contributed by atoms with Crippen molar-refractivity contribution in [1.82, 2.24) is 0 Å². The van der Waals surface area contributed by atoms with Gasteiger partial charge in [-0.1, -0.05) is 30.3 Å². The Morgan fingerprint density at radius 2 is 1.41 bits per heavy atom. The van der Waals surface area contributed by atoms with E-state index in [9.17, 15) is 24.0 Å². The largest absolute Gasteiger partial charge is 0.463 e. The third-order valence-electron chi connectivity index (χ3n) is 6.03. The van der Waals surface area contributed by atoms with Crippen molar-refractivity contribution in [3.05, 3.63) is 65.0 Å². The number of carbonyl (C=O) groups excluding carboxylic acids is 4. The summed E-state index contributed by atoms with van der Waals surface area (Å²) in [6.07, 6.45) is -5.35. The highest BCUT2D eigenvalue weighted by Gasteiger charge is 2.53. The van der Waals surface area contributed by atoms with Gasteiger partial charge >= 0.3 is 23.9 Å². The second kappa shape index (κ2) is 12.6. The molecule has 41 heavy (non-hydrogen) atoms. The Bertz CT molecular complexity index is 1490. The lowest BCUT2D eigenvalue weighted by Crippen LogP contribution is -2.63. The molecule has 0 saturated carbocycles. The Morgan fingerprint density at radius 1 is 0.780 bits per heavy atom. The monoisotopic (exact) mass is 568 g/mol. The van der Waals surface area contributed by atoms with Gasteiger partial charge in [-0.25, -0.2) is 0 Å². The minimum Gasteiger partial charge on any atom is -0.463 e. The van der Waals surface area contributed by atoms with Gasteiger partial charge in [0, 0.05) is 33.8 Å². The standard InChI is InChI=1S/C29H28O12/c1-15(30)35-14-24-26(37-16(2)31)27(38-17(3)32)28(39-18(4)33)29(41-24)40-20-10-11-21-23(12-20)36-13-22(25(21)34)19-8-6-5-7-9-19/h5-13,24,26-29H,14H2,1-4H3/t24-,26-,27-,28+,29-/m0/s1. The van der Waals surface area contributed by atoms with Crippen molar-refractivity contribution in [2.45, 2.75) is 58.4 Å². The Balaban J connectivity index is 1.70. The van der Waals surface area contributed by atoms with Crippen LogP contribution < -0.4 is 10.2 Å². The molecule has 2 aromatic carbocycles. The van der Waals surface area contributed by atoms with E-state index in [1.165, 1.54) is 31.4 Å². The van der Waals surface area contributed by atoms with Gasteiger partial charge < -0.3 is 32.8 Å². The topological polar surface area (TPSA) is 154 Å². The molecule has 1 saturated heterocycles. The van der Waals surface area contributed by atoms with E-state index in [0.29, 0.717) is 16.5 Å². The number of hydrogen-bond acceptors (Lipinski definition) is 12. The lowest BCUT2D eigenvalue weighted by molar-refractivity contribution is -0.288. The van der Waals surface area contributed by atoms with E-state index in [0.717, 1.165) is 20.8 Å². The minimum absolute atomic E-state index is 0.147. The third-order valence-corrected chi connectivity index (χ3v) is 6.03. The first kappa shape index (κ1) is 29.3. The predicted molar refractivity (Wildman–Crippen MR) is 141 cm³/mol. The van der Waals surface area contributed by atoms with Gasteiger partial charge in [-0.05, 0) is 17.7 Å². The molecule has 2 heterocycles. The van der Waals surface area contributed by atoms with E-state index in [2.05, 4.69) is 0 Å². The number of carbonyl (C=O) groups is 4. The second-order valence-corrected chi connectivity index (χ2v) is 9.19. The fourth-order valence-corrected chi connectivity index (χ4v) is 4.42. The Hall–Kier alpha value is -4.71. The van der Waals surface area contributed by atoms with Crippen molar-refractivity contribution in [3.63, 3.8) is 0 Å². The van der Waals surface area contributed by atoms with Crippen LogP contribution in [0.5, 0.6) is 5.75 Å². The van der Waals surface area contributed by atoms with E-state index >= 15 is 0 Å². The summed E-state index contributed by atoms with van der Waals surface area (Å²) in [6.45, 7) is 4.16. The SMILES string of the molecule is CC(=O)OC[C@@H]1O[C@H](Oc2ccc3c(=O)c(-c4ccccc4)coc3c2)[C@H](OC(C)=O)[C@@H](OC(C)=O)[C@H]1OC(C)=O. The fraction of sp³-hybridized carbons (Fsp3) is 0.345. The van der Waals surface area contributed by atoms with Crippen molar-refractivity contribution < 1.29 is 52.0 Å². The van der Waals surface area contributed by atoms with Crippen molar-refractivity contribution in [1.29, 1.82) is 0 Å². The average Bonchev–Trinajstić information content (AvgIpc) is 2.91. The van der Waals surface area contributed by atoms with Crippen LogP contribution in [0.4, 0.5) is 0 Å². The third kappa shape index (κ3) is 7.09. The second-order valence-electron chi connectivity index (χ2n) is 9.19. The molecule has 4 rings (SSSR count).